The van der Waals surface area contributed by atoms with Crippen LogP contribution < -0.4 is 5.32 Å². The molecule has 0 aliphatic heterocycles. The Balaban J connectivity index is 1.50. The topological polar surface area (TPSA) is 103 Å². The van der Waals surface area contributed by atoms with E-state index < -0.39 is 5.91 Å². The predicted molar refractivity (Wildman–Crippen MR) is 109 cm³/mol. The summed E-state index contributed by atoms with van der Waals surface area (Å²) in [6.45, 7) is 5.45. The Kier molecular flexibility index (Phi) is 5.05. The number of nitrogens with one attached hydrogen (secondary N) is 1. The number of benzene rings is 1. The Hall–Kier alpha value is -3.94. The maximum Gasteiger partial charge on any atom is 0.279 e. The number of anilines is 1. The molecule has 8 nitrogen and oxygen atoms in total. The third-order valence-electron chi connectivity index (χ3n) is 4.44. The van der Waals surface area contributed by atoms with Crippen LogP contribution in [0.5, 0.6) is 0 Å². The molecule has 0 bridgehead atoms. The van der Waals surface area contributed by atoms with Crippen molar-refractivity contribution in [1.29, 1.82) is 0 Å². The van der Waals surface area contributed by atoms with Crippen molar-refractivity contribution < 1.29 is 18.4 Å². The summed E-state index contributed by atoms with van der Waals surface area (Å²) in [6, 6.07) is 12.7. The standard InChI is InChI=1S/C22H20N4O4/c1-13-5-4-6-16(11-13)21-20(23-15(3)29-21)22(28)24-19-9-10-26(25-19)12-17-7-8-18(30-17)14(2)27/h4-11H,12H2,1-3H3,(H,24,25,28). The maximum atomic E-state index is 12.8. The van der Waals surface area contributed by atoms with E-state index in [1.165, 1.54) is 6.92 Å². The lowest BCUT2D eigenvalue weighted by molar-refractivity contribution is 0.0983. The molecule has 0 aliphatic rings. The van der Waals surface area contributed by atoms with Crippen LogP contribution >= 0.6 is 0 Å². The summed E-state index contributed by atoms with van der Waals surface area (Å²) in [7, 11) is 0. The Morgan fingerprint density at radius 3 is 2.67 bits per heavy atom. The minimum absolute atomic E-state index is 0.137. The van der Waals surface area contributed by atoms with Crippen LogP contribution in [0.3, 0.4) is 0 Å². The molecule has 0 radical (unpaired) electrons. The quantitative estimate of drug-likeness (QED) is 0.482. The Bertz CT molecular complexity index is 1230. The van der Waals surface area contributed by atoms with Crippen molar-refractivity contribution in [3.63, 3.8) is 0 Å². The van der Waals surface area contributed by atoms with Crippen molar-refractivity contribution in [2.45, 2.75) is 27.3 Å². The van der Waals surface area contributed by atoms with Crippen molar-refractivity contribution >= 4 is 17.5 Å². The molecule has 152 valence electrons. The molecule has 30 heavy (non-hydrogen) atoms. The fraction of sp³-hybridized carbons (Fsp3) is 0.182. The zero-order chi connectivity index (χ0) is 21.3. The van der Waals surface area contributed by atoms with E-state index in [0.717, 1.165) is 11.1 Å². The lowest BCUT2D eigenvalue weighted by Crippen LogP contribution is -2.14. The number of Topliss-reactive ketones (excluding diaryl/α,β-unsaturated/α-hetero) is 1. The predicted octanol–water partition coefficient (Wildman–Crippen LogP) is 4.25. The molecule has 1 N–H and O–H groups in total. The number of aryl methyl sites for hydroxylation is 2. The summed E-state index contributed by atoms with van der Waals surface area (Å²) < 4.78 is 12.8. The molecular formula is C22H20N4O4. The van der Waals surface area contributed by atoms with Crippen LogP contribution in [-0.4, -0.2) is 26.5 Å². The number of amides is 1. The second kappa shape index (κ2) is 7.82. The fourth-order valence-corrected chi connectivity index (χ4v) is 3.07. The molecule has 1 aromatic carbocycles. The van der Waals surface area contributed by atoms with E-state index in [-0.39, 0.29) is 11.5 Å². The number of carbonyl (C=O) groups is 2. The molecule has 0 atom stereocenters. The van der Waals surface area contributed by atoms with E-state index in [1.807, 2.05) is 31.2 Å². The summed E-state index contributed by atoms with van der Waals surface area (Å²) in [5, 5.41) is 7.08. The van der Waals surface area contributed by atoms with Crippen LogP contribution in [0.4, 0.5) is 5.82 Å². The van der Waals surface area contributed by atoms with Gasteiger partial charge in [0.15, 0.2) is 34.7 Å². The van der Waals surface area contributed by atoms with E-state index in [1.54, 1.807) is 36.0 Å². The minimum atomic E-state index is -0.412. The Morgan fingerprint density at radius 1 is 1.10 bits per heavy atom. The van der Waals surface area contributed by atoms with E-state index in [2.05, 4.69) is 15.4 Å². The molecule has 4 rings (SSSR count). The van der Waals surface area contributed by atoms with Crippen LogP contribution in [0.2, 0.25) is 0 Å². The van der Waals surface area contributed by atoms with Gasteiger partial charge >= 0.3 is 0 Å². The number of ketones is 1. The summed E-state index contributed by atoms with van der Waals surface area (Å²) in [5.74, 6) is 1.54. The Morgan fingerprint density at radius 2 is 1.93 bits per heavy atom. The van der Waals surface area contributed by atoms with Gasteiger partial charge in [0, 0.05) is 31.7 Å². The average molecular weight is 404 g/mol. The molecule has 3 aromatic heterocycles. The lowest BCUT2D eigenvalue weighted by Gasteiger charge is -2.03. The number of carbonyl (C=O) groups excluding carboxylic acids is 2. The molecule has 0 saturated carbocycles. The second-order valence-corrected chi connectivity index (χ2v) is 6.95. The Labute approximate surface area is 172 Å². The van der Waals surface area contributed by atoms with Gasteiger partial charge in [-0.15, -0.1) is 0 Å². The van der Waals surface area contributed by atoms with E-state index in [9.17, 15) is 9.59 Å². The number of hydrogen-bond acceptors (Lipinski definition) is 6. The third kappa shape index (κ3) is 4.07. The van der Waals surface area contributed by atoms with E-state index in [4.69, 9.17) is 8.83 Å². The van der Waals surface area contributed by atoms with Gasteiger partial charge in [-0.2, -0.15) is 5.10 Å². The van der Waals surface area contributed by atoms with Crippen LogP contribution in [0.1, 0.15) is 45.2 Å². The number of furan rings is 1. The minimum Gasteiger partial charge on any atom is -0.456 e. The first-order chi connectivity index (χ1) is 14.4. The molecule has 8 heteroatoms. The first kappa shape index (κ1) is 19.4. The van der Waals surface area contributed by atoms with Crippen LogP contribution in [-0.2, 0) is 6.54 Å². The number of nitrogens with zero attached hydrogens (tertiary/aromatic N) is 3. The molecule has 3 heterocycles. The van der Waals surface area contributed by atoms with Gasteiger partial charge in [0.25, 0.3) is 5.91 Å². The van der Waals surface area contributed by atoms with Crippen LogP contribution in [0.15, 0.2) is 57.5 Å². The van der Waals surface area contributed by atoms with Gasteiger partial charge in [0.1, 0.15) is 5.76 Å². The molecule has 0 saturated heterocycles. The first-order valence-corrected chi connectivity index (χ1v) is 9.38. The zero-order valence-corrected chi connectivity index (χ0v) is 16.8. The summed E-state index contributed by atoms with van der Waals surface area (Å²) in [6.07, 6.45) is 1.71. The SMILES string of the molecule is CC(=O)c1ccc(Cn2ccc(NC(=O)c3nc(C)oc3-c3cccc(C)c3)n2)o1. The smallest absolute Gasteiger partial charge is 0.279 e. The average Bonchev–Trinajstić information content (AvgIpc) is 3.42. The first-order valence-electron chi connectivity index (χ1n) is 9.38. The molecule has 0 aliphatic carbocycles. The maximum absolute atomic E-state index is 12.8. The van der Waals surface area contributed by atoms with Gasteiger partial charge in [-0.05, 0) is 25.1 Å². The monoisotopic (exact) mass is 404 g/mol. The second-order valence-electron chi connectivity index (χ2n) is 6.95. The summed E-state index contributed by atoms with van der Waals surface area (Å²) >= 11 is 0. The van der Waals surface area contributed by atoms with Crippen LogP contribution in [0.25, 0.3) is 11.3 Å². The fourth-order valence-electron chi connectivity index (χ4n) is 3.07. The van der Waals surface area contributed by atoms with Crippen molar-refractivity contribution in [2.24, 2.45) is 0 Å². The molecule has 1 amide bonds. The molecule has 0 fully saturated rings. The molecule has 0 unspecified atom stereocenters. The molecule has 4 aromatic rings. The third-order valence-corrected chi connectivity index (χ3v) is 4.44. The van der Waals surface area contributed by atoms with Gasteiger partial charge in [-0.1, -0.05) is 23.8 Å². The van der Waals surface area contributed by atoms with Gasteiger partial charge in [0.05, 0.1) is 6.54 Å². The molecular weight excluding hydrogens is 384 g/mol. The van der Waals surface area contributed by atoms with Crippen molar-refractivity contribution in [3.8, 4) is 11.3 Å². The summed E-state index contributed by atoms with van der Waals surface area (Å²) in [5.41, 5.74) is 2.03. The number of aromatic nitrogens is 3. The van der Waals surface area contributed by atoms with Gasteiger partial charge in [0.2, 0.25) is 0 Å². The van der Waals surface area contributed by atoms with E-state index in [0.29, 0.717) is 35.5 Å². The highest BCUT2D eigenvalue weighted by molar-refractivity contribution is 6.06. The molecule has 0 spiro atoms. The lowest BCUT2D eigenvalue weighted by atomic mass is 10.1. The number of hydrogen-bond donors (Lipinski definition) is 1. The highest BCUT2D eigenvalue weighted by Gasteiger charge is 2.21. The highest BCUT2D eigenvalue weighted by Crippen LogP contribution is 2.26. The zero-order valence-electron chi connectivity index (χ0n) is 16.8. The number of rotatable bonds is 6. The normalized spacial score (nSPS) is 10.9. The van der Waals surface area contributed by atoms with Gasteiger partial charge < -0.3 is 14.2 Å². The summed E-state index contributed by atoms with van der Waals surface area (Å²) in [4.78, 5) is 28.4. The largest absolute Gasteiger partial charge is 0.456 e. The van der Waals surface area contributed by atoms with Gasteiger partial charge in [-0.25, -0.2) is 4.98 Å². The van der Waals surface area contributed by atoms with Crippen molar-refractivity contribution in [2.75, 3.05) is 5.32 Å². The highest BCUT2D eigenvalue weighted by atomic mass is 16.4. The number of oxazole rings is 1. The van der Waals surface area contributed by atoms with E-state index >= 15 is 0 Å². The van der Waals surface area contributed by atoms with Crippen molar-refractivity contribution in [1.82, 2.24) is 14.8 Å². The van der Waals surface area contributed by atoms with Gasteiger partial charge in [-0.3, -0.25) is 14.3 Å². The van der Waals surface area contributed by atoms with Crippen molar-refractivity contribution in [3.05, 3.63) is 77.3 Å². The van der Waals surface area contributed by atoms with Crippen LogP contribution in [0, 0.1) is 13.8 Å².